The minimum absolute atomic E-state index is 0.0195. The number of ether oxygens (including phenoxy) is 1. The first-order valence-electron chi connectivity index (χ1n) is 10.6. The van der Waals surface area contributed by atoms with Crippen molar-refractivity contribution in [1.82, 2.24) is 5.32 Å². The van der Waals surface area contributed by atoms with Gasteiger partial charge in [0, 0.05) is 12.6 Å². The molecule has 1 fully saturated rings. The predicted molar refractivity (Wildman–Crippen MR) is 117 cm³/mol. The second kappa shape index (κ2) is 10.9. The molecule has 0 amide bonds. The highest BCUT2D eigenvalue weighted by atomic mass is 35.5. The fourth-order valence-electron chi connectivity index (χ4n) is 4.20. The number of nitrogens with one attached hydrogen (secondary N) is 1. The molecule has 11 heteroatoms. The van der Waals surface area contributed by atoms with E-state index in [4.69, 9.17) is 27.9 Å². The second-order valence-corrected chi connectivity index (χ2v) is 9.12. The SMILES string of the molecule is OC(CNC(c1cccc(Oc2cccc(Cl)c2Cl)c1)C1CCCC(C(F)(F)F)C1)C(F)(F)F. The zero-order chi connectivity index (χ0) is 25.1. The van der Waals surface area contributed by atoms with Gasteiger partial charge in [-0.2, -0.15) is 26.3 Å². The molecule has 0 spiro atoms. The summed E-state index contributed by atoms with van der Waals surface area (Å²) >= 11 is 12.1. The zero-order valence-electron chi connectivity index (χ0n) is 17.8. The van der Waals surface area contributed by atoms with Gasteiger partial charge in [-0.25, -0.2) is 0 Å². The Balaban J connectivity index is 1.87. The number of alkyl halides is 6. The lowest BCUT2D eigenvalue weighted by Crippen LogP contribution is -2.42. The van der Waals surface area contributed by atoms with E-state index in [-0.39, 0.29) is 34.4 Å². The highest BCUT2D eigenvalue weighted by Gasteiger charge is 2.44. The third-order valence-electron chi connectivity index (χ3n) is 5.92. The molecular formula is C23H23Cl2F6NO2. The van der Waals surface area contributed by atoms with Crippen molar-refractivity contribution in [2.75, 3.05) is 6.54 Å². The monoisotopic (exact) mass is 529 g/mol. The minimum atomic E-state index is -4.85. The average molecular weight is 530 g/mol. The molecule has 1 saturated carbocycles. The lowest BCUT2D eigenvalue weighted by atomic mass is 9.75. The van der Waals surface area contributed by atoms with E-state index in [9.17, 15) is 31.4 Å². The third kappa shape index (κ3) is 6.93. The molecule has 3 rings (SSSR count). The van der Waals surface area contributed by atoms with Crippen LogP contribution in [0.5, 0.6) is 11.5 Å². The van der Waals surface area contributed by atoms with Gasteiger partial charge in [0.05, 0.1) is 10.9 Å². The molecule has 0 aliphatic heterocycles. The molecule has 4 unspecified atom stereocenters. The van der Waals surface area contributed by atoms with Gasteiger partial charge in [-0.15, -0.1) is 0 Å². The highest BCUT2D eigenvalue weighted by molar-refractivity contribution is 6.42. The van der Waals surface area contributed by atoms with Gasteiger partial charge in [-0.1, -0.05) is 47.8 Å². The van der Waals surface area contributed by atoms with Crippen LogP contribution in [0, 0.1) is 11.8 Å². The smallest absolute Gasteiger partial charge is 0.415 e. The topological polar surface area (TPSA) is 41.5 Å². The Morgan fingerprint density at radius 3 is 2.41 bits per heavy atom. The lowest BCUT2D eigenvalue weighted by Gasteiger charge is -2.36. The van der Waals surface area contributed by atoms with Gasteiger partial charge in [0.1, 0.15) is 16.5 Å². The molecule has 0 bridgehead atoms. The van der Waals surface area contributed by atoms with Crippen LogP contribution in [0.25, 0.3) is 0 Å². The van der Waals surface area contributed by atoms with Crippen LogP contribution < -0.4 is 10.1 Å². The van der Waals surface area contributed by atoms with Crippen LogP contribution in [-0.2, 0) is 0 Å². The molecular weight excluding hydrogens is 507 g/mol. The lowest BCUT2D eigenvalue weighted by molar-refractivity contribution is -0.202. The van der Waals surface area contributed by atoms with Crippen LogP contribution in [0.3, 0.4) is 0 Å². The predicted octanol–water partition coefficient (Wildman–Crippen LogP) is 7.71. The Hall–Kier alpha value is -1.68. The number of halogens is 8. The quantitative estimate of drug-likeness (QED) is 0.361. The third-order valence-corrected chi connectivity index (χ3v) is 6.72. The molecule has 0 heterocycles. The van der Waals surface area contributed by atoms with E-state index in [1.807, 2.05) is 0 Å². The summed E-state index contributed by atoms with van der Waals surface area (Å²) in [6.07, 6.45) is -11.4. The van der Waals surface area contributed by atoms with Crippen LogP contribution in [0.4, 0.5) is 26.3 Å². The van der Waals surface area contributed by atoms with Crippen LogP contribution in [0.2, 0.25) is 10.0 Å². The van der Waals surface area contributed by atoms with Crippen LogP contribution in [0.15, 0.2) is 42.5 Å². The summed E-state index contributed by atoms with van der Waals surface area (Å²) in [6, 6.07) is 10.2. The summed E-state index contributed by atoms with van der Waals surface area (Å²) in [5, 5.41) is 12.5. The van der Waals surface area contributed by atoms with E-state index in [1.165, 1.54) is 6.07 Å². The molecule has 0 saturated heterocycles. The van der Waals surface area contributed by atoms with Gasteiger partial charge in [0.25, 0.3) is 0 Å². The Morgan fingerprint density at radius 1 is 1.03 bits per heavy atom. The highest BCUT2D eigenvalue weighted by Crippen LogP contribution is 2.44. The van der Waals surface area contributed by atoms with Crippen molar-refractivity contribution in [2.24, 2.45) is 11.8 Å². The Bertz CT molecular complexity index is 969. The molecule has 0 aromatic heterocycles. The van der Waals surface area contributed by atoms with E-state index >= 15 is 0 Å². The summed E-state index contributed by atoms with van der Waals surface area (Å²) in [6.45, 7) is -0.855. The van der Waals surface area contributed by atoms with Gasteiger partial charge in [-0.3, -0.25) is 0 Å². The molecule has 1 aliphatic rings. The summed E-state index contributed by atoms with van der Waals surface area (Å²) in [5.74, 6) is -1.59. The Morgan fingerprint density at radius 2 is 1.74 bits per heavy atom. The van der Waals surface area contributed by atoms with E-state index in [0.717, 1.165) is 0 Å². The first-order valence-corrected chi connectivity index (χ1v) is 11.4. The van der Waals surface area contributed by atoms with Crippen LogP contribution in [0.1, 0.15) is 37.3 Å². The van der Waals surface area contributed by atoms with Crippen molar-refractivity contribution in [3.05, 3.63) is 58.1 Å². The average Bonchev–Trinajstić information content (AvgIpc) is 2.76. The van der Waals surface area contributed by atoms with Crippen molar-refractivity contribution in [3.63, 3.8) is 0 Å². The maximum Gasteiger partial charge on any atom is 0.415 e. The Labute approximate surface area is 203 Å². The van der Waals surface area contributed by atoms with Crippen molar-refractivity contribution in [3.8, 4) is 11.5 Å². The number of aliphatic hydroxyl groups is 1. The standard InChI is InChI=1S/C23H23Cl2F6NO2/c24-17-8-3-9-18(20(17)25)34-16-7-2-5-14(11-16)21(32-12-19(33)23(29,30)31)13-4-1-6-15(10-13)22(26,27)28/h2-3,5,7-9,11,13,15,19,21,32-33H,1,4,6,10,12H2. The Kier molecular flexibility index (Phi) is 8.65. The van der Waals surface area contributed by atoms with Gasteiger partial charge in [-0.05, 0) is 55.0 Å². The molecule has 2 aromatic carbocycles. The molecule has 3 nitrogen and oxygen atoms in total. The largest absolute Gasteiger partial charge is 0.456 e. The molecule has 34 heavy (non-hydrogen) atoms. The fourth-order valence-corrected chi connectivity index (χ4v) is 4.53. The van der Waals surface area contributed by atoms with E-state index in [2.05, 4.69) is 5.32 Å². The van der Waals surface area contributed by atoms with Gasteiger partial charge >= 0.3 is 12.4 Å². The molecule has 0 radical (unpaired) electrons. The summed E-state index contributed by atoms with van der Waals surface area (Å²) < 4.78 is 84.5. The number of hydrogen-bond acceptors (Lipinski definition) is 3. The van der Waals surface area contributed by atoms with E-state index < -0.39 is 42.9 Å². The van der Waals surface area contributed by atoms with Crippen molar-refractivity contribution >= 4 is 23.2 Å². The molecule has 1 aliphatic carbocycles. The van der Waals surface area contributed by atoms with Gasteiger partial charge in [0.15, 0.2) is 6.10 Å². The zero-order valence-corrected chi connectivity index (χ0v) is 19.3. The normalized spacial score (nSPS) is 21.2. The summed E-state index contributed by atoms with van der Waals surface area (Å²) in [5.41, 5.74) is 0.442. The van der Waals surface area contributed by atoms with Gasteiger partial charge in [0.2, 0.25) is 0 Å². The second-order valence-electron chi connectivity index (χ2n) is 8.34. The maximum atomic E-state index is 13.4. The molecule has 2 N–H and O–H groups in total. The fraction of sp³-hybridized carbons (Fsp3) is 0.478. The minimum Gasteiger partial charge on any atom is -0.456 e. The number of aliphatic hydroxyl groups excluding tert-OH is 1. The first-order chi connectivity index (χ1) is 15.9. The summed E-state index contributed by atoms with van der Waals surface area (Å²) in [7, 11) is 0. The van der Waals surface area contributed by atoms with Crippen molar-refractivity contribution in [2.45, 2.75) is 50.2 Å². The van der Waals surface area contributed by atoms with Crippen molar-refractivity contribution in [1.29, 1.82) is 0 Å². The van der Waals surface area contributed by atoms with Gasteiger partial charge < -0.3 is 15.2 Å². The number of benzene rings is 2. The van der Waals surface area contributed by atoms with E-state index in [0.29, 0.717) is 18.4 Å². The number of rotatable bonds is 7. The van der Waals surface area contributed by atoms with Crippen LogP contribution >= 0.6 is 23.2 Å². The number of hydrogen-bond donors (Lipinski definition) is 2. The van der Waals surface area contributed by atoms with E-state index in [1.54, 1.807) is 36.4 Å². The maximum absolute atomic E-state index is 13.4. The molecule has 2 aromatic rings. The summed E-state index contributed by atoms with van der Waals surface area (Å²) in [4.78, 5) is 0. The molecule has 188 valence electrons. The van der Waals surface area contributed by atoms with Crippen LogP contribution in [-0.4, -0.2) is 30.1 Å². The first kappa shape index (κ1) is 26.9. The molecule has 4 atom stereocenters. The van der Waals surface area contributed by atoms with Crippen molar-refractivity contribution < 1.29 is 36.2 Å².